The van der Waals surface area contributed by atoms with Crippen LogP contribution in [0.15, 0.2) is 29.3 Å². The van der Waals surface area contributed by atoms with Gasteiger partial charge in [0.25, 0.3) is 0 Å². The molecule has 2 fully saturated rings. The van der Waals surface area contributed by atoms with Crippen LogP contribution < -0.4 is 20.9 Å². The highest BCUT2D eigenvalue weighted by Crippen LogP contribution is 2.23. The zero-order valence-electron chi connectivity index (χ0n) is 16.1. The van der Waals surface area contributed by atoms with Crippen molar-refractivity contribution in [2.45, 2.75) is 31.9 Å². The Morgan fingerprint density at radius 2 is 2.11 bits per heavy atom. The lowest BCUT2D eigenvalue weighted by atomic mass is 10.0. The average Bonchev–Trinajstić information content (AvgIpc) is 3.09. The summed E-state index contributed by atoms with van der Waals surface area (Å²) in [6.45, 7) is 6.40. The van der Waals surface area contributed by atoms with Gasteiger partial charge in [0.1, 0.15) is 0 Å². The van der Waals surface area contributed by atoms with Gasteiger partial charge in [-0.1, -0.05) is 12.1 Å². The Balaban J connectivity index is 0.00000261. The van der Waals surface area contributed by atoms with Crippen molar-refractivity contribution in [2.75, 3.05) is 44.7 Å². The van der Waals surface area contributed by atoms with Crippen LogP contribution in [0.3, 0.4) is 0 Å². The number of piperazine rings is 1. The quantitative estimate of drug-likeness (QED) is 0.333. The molecule has 1 aromatic carbocycles. The van der Waals surface area contributed by atoms with Crippen molar-refractivity contribution in [3.8, 4) is 0 Å². The van der Waals surface area contributed by atoms with Crippen LogP contribution in [0.2, 0.25) is 0 Å². The molecule has 2 heterocycles. The van der Waals surface area contributed by atoms with E-state index in [1.165, 1.54) is 5.56 Å². The number of rotatable bonds is 5. The van der Waals surface area contributed by atoms with Crippen molar-refractivity contribution in [1.29, 1.82) is 0 Å². The molecule has 0 radical (unpaired) electrons. The van der Waals surface area contributed by atoms with Gasteiger partial charge in [-0.2, -0.15) is 0 Å². The monoisotopic (exact) mass is 487 g/mol. The topological polar surface area (TPSA) is 78.0 Å². The molecular formula is C19H30IN5O2. The fraction of sp³-hybridized carbons (Fsp3) is 0.579. The van der Waals surface area contributed by atoms with Gasteiger partial charge in [0.15, 0.2) is 5.96 Å². The number of nitrogens with zero attached hydrogens (tertiary/aromatic N) is 2. The minimum atomic E-state index is -0.0972. The minimum absolute atomic E-state index is 0. The van der Waals surface area contributed by atoms with Crippen LogP contribution in [-0.2, 0) is 16.1 Å². The van der Waals surface area contributed by atoms with Crippen LogP contribution in [0.5, 0.6) is 0 Å². The summed E-state index contributed by atoms with van der Waals surface area (Å²) < 4.78 is 5.80. The SMILES string of the molecule is CN=C(NCc1ccc(N2CCNC(=O)C2)cc1)NCC1(C)CCCO1.I. The van der Waals surface area contributed by atoms with E-state index >= 15 is 0 Å². The number of hydrogen-bond donors (Lipinski definition) is 3. The Kier molecular flexibility index (Phi) is 8.15. The first-order valence-electron chi connectivity index (χ1n) is 9.27. The van der Waals surface area contributed by atoms with Crippen molar-refractivity contribution in [3.05, 3.63) is 29.8 Å². The van der Waals surface area contributed by atoms with Crippen molar-refractivity contribution in [3.63, 3.8) is 0 Å². The number of amides is 1. The maximum atomic E-state index is 11.5. The number of anilines is 1. The number of benzene rings is 1. The predicted molar refractivity (Wildman–Crippen MR) is 119 cm³/mol. The normalized spacial score (nSPS) is 22.8. The van der Waals surface area contributed by atoms with E-state index in [0.29, 0.717) is 19.6 Å². The molecule has 0 saturated carbocycles. The van der Waals surface area contributed by atoms with E-state index in [1.54, 1.807) is 7.05 Å². The Bertz CT molecular complexity index is 644. The second-order valence-corrected chi connectivity index (χ2v) is 7.12. The van der Waals surface area contributed by atoms with E-state index in [4.69, 9.17) is 4.74 Å². The Morgan fingerprint density at radius 3 is 2.74 bits per heavy atom. The van der Waals surface area contributed by atoms with Crippen molar-refractivity contribution >= 4 is 41.5 Å². The van der Waals surface area contributed by atoms with Crippen LogP contribution in [-0.4, -0.2) is 57.3 Å². The maximum Gasteiger partial charge on any atom is 0.239 e. The lowest BCUT2D eigenvalue weighted by molar-refractivity contribution is -0.120. The molecule has 8 heteroatoms. The third kappa shape index (κ3) is 6.24. The van der Waals surface area contributed by atoms with Crippen LogP contribution in [0.25, 0.3) is 0 Å². The first-order chi connectivity index (χ1) is 12.6. The van der Waals surface area contributed by atoms with Gasteiger partial charge in [-0.15, -0.1) is 24.0 Å². The summed E-state index contributed by atoms with van der Waals surface area (Å²) in [7, 11) is 1.78. The summed E-state index contributed by atoms with van der Waals surface area (Å²) in [6.07, 6.45) is 2.20. The van der Waals surface area contributed by atoms with Gasteiger partial charge in [-0.25, -0.2) is 0 Å². The summed E-state index contributed by atoms with van der Waals surface area (Å²) in [5.74, 6) is 0.857. The molecule has 1 amide bonds. The molecule has 1 unspecified atom stereocenters. The Hall–Kier alpha value is -1.55. The number of nitrogens with one attached hydrogen (secondary N) is 3. The standard InChI is InChI=1S/C19H29N5O2.HI/c1-19(8-3-11-26-19)14-23-18(20-2)22-12-15-4-6-16(7-5-15)24-10-9-21-17(25)13-24;/h4-7H,3,8-14H2,1-2H3,(H,21,25)(H2,20,22,23);1H. The second kappa shape index (κ2) is 10.1. The molecule has 2 saturated heterocycles. The highest BCUT2D eigenvalue weighted by atomic mass is 127. The molecule has 0 aromatic heterocycles. The van der Waals surface area contributed by atoms with Crippen LogP contribution in [0.4, 0.5) is 5.69 Å². The summed E-state index contributed by atoms with van der Waals surface area (Å²) in [5.41, 5.74) is 2.15. The number of carbonyl (C=O) groups excluding carboxylic acids is 1. The molecule has 7 nitrogen and oxygen atoms in total. The number of carbonyl (C=O) groups is 1. The predicted octanol–water partition coefficient (Wildman–Crippen LogP) is 1.47. The number of hydrogen-bond acceptors (Lipinski definition) is 4. The summed E-state index contributed by atoms with van der Waals surface area (Å²) in [4.78, 5) is 17.9. The minimum Gasteiger partial charge on any atom is -0.373 e. The summed E-state index contributed by atoms with van der Waals surface area (Å²) in [5, 5.41) is 9.54. The Morgan fingerprint density at radius 1 is 1.33 bits per heavy atom. The van der Waals surface area contributed by atoms with Crippen molar-refractivity contribution in [2.24, 2.45) is 4.99 Å². The lowest BCUT2D eigenvalue weighted by Gasteiger charge is -2.28. The zero-order valence-corrected chi connectivity index (χ0v) is 18.4. The molecular weight excluding hydrogens is 457 g/mol. The van der Waals surface area contributed by atoms with E-state index in [1.807, 2.05) is 0 Å². The fourth-order valence-corrected chi connectivity index (χ4v) is 3.34. The molecule has 0 spiro atoms. The summed E-state index contributed by atoms with van der Waals surface area (Å²) >= 11 is 0. The fourth-order valence-electron chi connectivity index (χ4n) is 3.34. The van der Waals surface area contributed by atoms with E-state index in [2.05, 4.69) is 57.0 Å². The molecule has 3 N–H and O–H groups in total. The number of guanidine groups is 1. The van der Waals surface area contributed by atoms with Crippen LogP contribution in [0.1, 0.15) is 25.3 Å². The maximum absolute atomic E-state index is 11.5. The molecule has 1 aromatic rings. The third-order valence-electron chi connectivity index (χ3n) is 4.95. The van der Waals surface area contributed by atoms with E-state index in [-0.39, 0.29) is 35.5 Å². The molecule has 0 bridgehead atoms. The van der Waals surface area contributed by atoms with Gasteiger partial charge >= 0.3 is 0 Å². The zero-order chi connectivity index (χ0) is 18.4. The molecule has 2 aliphatic heterocycles. The summed E-state index contributed by atoms with van der Waals surface area (Å²) in [6, 6.07) is 8.31. The number of ether oxygens (including phenoxy) is 1. The van der Waals surface area contributed by atoms with Crippen molar-refractivity contribution in [1.82, 2.24) is 16.0 Å². The molecule has 1 atom stereocenters. The molecule has 27 heavy (non-hydrogen) atoms. The van der Waals surface area contributed by atoms with Crippen molar-refractivity contribution < 1.29 is 9.53 Å². The van der Waals surface area contributed by atoms with E-state index in [0.717, 1.165) is 44.2 Å². The largest absolute Gasteiger partial charge is 0.373 e. The van der Waals surface area contributed by atoms with Gasteiger partial charge in [0, 0.05) is 45.5 Å². The average molecular weight is 487 g/mol. The molecule has 3 rings (SSSR count). The first kappa shape index (κ1) is 21.7. The van der Waals surface area contributed by atoms with E-state index < -0.39 is 0 Å². The number of aliphatic imine (C=N–C) groups is 1. The lowest BCUT2D eigenvalue weighted by Crippen LogP contribution is -2.47. The molecule has 150 valence electrons. The van der Waals surface area contributed by atoms with Gasteiger partial charge in [0.2, 0.25) is 5.91 Å². The van der Waals surface area contributed by atoms with E-state index in [9.17, 15) is 4.79 Å². The van der Waals surface area contributed by atoms with Gasteiger partial charge in [-0.3, -0.25) is 9.79 Å². The van der Waals surface area contributed by atoms with Crippen LogP contribution >= 0.6 is 24.0 Å². The second-order valence-electron chi connectivity index (χ2n) is 7.12. The van der Waals surface area contributed by atoms with Gasteiger partial charge in [0.05, 0.1) is 12.1 Å². The van der Waals surface area contributed by atoms with Gasteiger partial charge < -0.3 is 25.6 Å². The smallest absolute Gasteiger partial charge is 0.239 e. The Labute approximate surface area is 178 Å². The highest BCUT2D eigenvalue weighted by molar-refractivity contribution is 14.0. The first-order valence-corrected chi connectivity index (χ1v) is 9.27. The van der Waals surface area contributed by atoms with Gasteiger partial charge in [-0.05, 0) is 37.5 Å². The highest BCUT2D eigenvalue weighted by Gasteiger charge is 2.29. The third-order valence-corrected chi connectivity index (χ3v) is 4.95. The molecule has 0 aliphatic carbocycles. The van der Waals surface area contributed by atoms with Crippen LogP contribution in [0, 0.1) is 0 Å². The number of halogens is 1. The molecule has 2 aliphatic rings.